The van der Waals surface area contributed by atoms with E-state index in [0.717, 1.165) is 13.0 Å². The third kappa shape index (κ3) is 5.78. The maximum atomic E-state index is 11.4. The van der Waals surface area contributed by atoms with Crippen molar-refractivity contribution >= 4 is 5.91 Å². The summed E-state index contributed by atoms with van der Waals surface area (Å²) in [5.74, 6) is 0.205. The summed E-state index contributed by atoms with van der Waals surface area (Å²) in [5, 5.41) is 6.43. The minimum Gasteiger partial charge on any atom is -0.353 e. The number of amides is 1. The van der Waals surface area contributed by atoms with Crippen molar-refractivity contribution in [2.75, 3.05) is 6.54 Å². The average Bonchev–Trinajstić information content (AvgIpc) is 3.00. The van der Waals surface area contributed by atoms with Crippen LogP contribution >= 0.6 is 0 Å². The second-order valence-corrected chi connectivity index (χ2v) is 4.44. The molecular weight excluding hydrogens is 188 g/mol. The molecule has 1 amide bonds. The van der Waals surface area contributed by atoms with E-state index in [1.165, 1.54) is 25.7 Å². The maximum Gasteiger partial charge on any atom is 0.221 e. The summed E-state index contributed by atoms with van der Waals surface area (Å²) in [6.07, 6.45) is 6.54. The van der Waals surface area contributed by atoms with Gasteiger partial charge in [-0.2, -0.15) is 0 Å². The Morgan fingerprint density at radius 2 is 2.13 bits per heavy atom. The molecule has 0 saturated heterocycles. The van der Waals surface area contributed by atoms with E-state index in [4.69, 9.17) is 0 Å². The number of hydrogen-bond acceptors (Lipinski definition) is 2. The lowest BCUT2D eigenvalue weighted by Crippen LogP contribution is -2.33. The van der Waals surface area contributed by atoms with Crippen LogP contribution in [0.4, 0.5) is 0 Å². The third-order valence-corrected chi connectivity index (χ3v) is 2.86. The number of carbonyl (C=O) groups excluding carboxylic acids is 1. The van der Waals surface area contributed by atoms with Crippen molar-refractivity contribution < 1.29 is 4.79 Å². The summed E-state index contributed by atoms with van der Waals surface area (Å²) in [5.41, 5.74) is 0. The zero-order chi connectivity index (χ0) is 11.1. The van der Waals surface area contributed by atoms with Gasteiger partial charge in [0, 0.05) is 25.0 Å². The van der Waals surface area contributed by atoms with E-state index in [2.05, 4.69) is 24.5 Å². The highest BCUT2D eigenvalue weighted by Gasteiger charge is 2.22. The Morgan fingerprint density at radius 3 is 2.67 bits per heavy atom. The van der Waals surface area contributed by atoms with Gasteiger partial charge in [0.2, 0.25) is 5.91 Å². The molecule has 1 fully saturated rings. The number of hydrogen-bond donors (Lipinski definition) is 2. The normalized spacial score (nSPS) is 17.5. The molecule has 0 radical (unpaired) electrons. The first-order chi connectivity index (χ1) is 7.26. The van der Waals surface area contributed by atoms with E-state index in [0.29, 0.717) is 18.5 Å². The molecule has 0 aromatic rings. The van der Waals surface area contributed by atoms with Crippen LogP contribution in [0.25, 0.3) is 0 Å². The quantitative estimate of drug-likeness (QED) is 0.644. The molecule has 15 heavy (non-hydrogen) atoms. The number of rotatable bonds is 8. The molecule has 1 rings (SSSR count). The van der Waals surface area contributed by atoms with Crippen LogP contribution in [0, 0.1) is 0 Å². The Hall–Kier alpha value is -0.570. The Balaban J connectivity index is 2.00. The summed E-state index contributed by atoms with van der Waals surface area (Å²) in [6.45, 7) is 5.21. The minimum atomic E-state index is 0.205. The lowest BCUT2D eigenvalue weighted by Gasteiger charge is -2.15. The van der Waals surface area contributed by atoms with Gasteiger partial charge in [0.05, 0.1) is 0 Å². The van der Waals surface area contributed by atoms with Crippen LogP contribution in [0.2, 0.25) is 0 Å². The van der Waals surface area contributed by atoms with Crippen LogP contribution in [0.1, 0.15) is 52.4 Å². The van der Waals surface area contributed by atoms with E-state index in [-0.39, 0.29) is 5.91 Å². The smallest absolute Gasteiger partial charge is 0.221 e. The van der Waals surface area contributed by atoms with Crippen molar-refractivity contribution in [3.05, 3.63) is 0 Å². The van der Waals surface area contributed by atoms with Crippen molar-refractivity contribution in [2.24, 2.45) is 0 Å². The first kappa shape index (κ1) is 12.5. The molecule has 3 nitrogen and oxygen atoms in total. The lowest BCUT2D eigenvalue weighted by atomic mass is 10.1. The monoisotopic (exact) mass is 212 g/mol. The summed E-state index contributed by atoms with van der Waals surface area (Å²) in [7, 11) is 0. The molecule has 0 bridgehead atoms. The van der Waals surface area contributed by atoms with E-state index in [9.17, 15) is 4.79 Å². The van der Waals surface area contributed by atoms with Crippen molar-refractivity contribution in [1.82, 2.24) is 10.6 Å². The van der Waals surface area contributed by atoms with Gasteiger partial charge >= 0.3 is 0 Å². The molecule has 0 aromatic heterocycles. The molecule has 88 valence electrons. The van der Waals surface area contributed by atoms with Gasteiger partial charge in [0.1, 0.15) is 0 Å². The predicted molar refractivity (Wildman–Crippen MR) is 62.8 cm³/mol. The van der Waals surface area contributed by atoms with E-state index in [1.54, 1.807) is 0 Å². The molecule has 1 saturated carbocycles. The van der Waals surface area contributed by atoms with Crippen LogP contribution in [-0.4, -0.2) is 24.5 Å². The van der Waals surface area contributed by atoms with Crippen LogP contribution in [0.3, 0.4) is 0 Å². The third-order valence-electron chi connectivity index (χ3n) is 2.86. The van der Waals surface area contributed by atoms with Gasteiger partial charge in [-0.15, -0.1) is 0 Å². The van der Waals surface area contributed by atoms with Gasteiger partial charge < -0.3 is 10.6 Å². The highest BCUT2D eigenvalue weighted by molar-refractivity contribution is 5.76. The first-order valence-corrected chi connectivity index (χ1v) is 6.29. The van der Waals surface area contributed by atoms with Crippen LogP contribution < -0.4 is 10.6 Å². The van der Waals surface area contributed by atoms with E-state index >= 15 is 0 Å². The fraction of sp³-hybridized carbons (Fsp3) is 0.917. The minimum absolute atomic E-state index is 0.205. The second-order valence-electron chi connectivity index (χ2n) is 4.44. The van der Waals surface area contributed by atoms with Crippen molar-refractivity contribution in [1.29, 1.82) is 0 Å². The Kier molecular flexibility index (Phi) is 5.69. The molecule has 0 aliphatic heterocycles. The summed E-state index contributed by atoms with van der Waals surface area (Å²) < 4.78 is 0. The first-order valence-electron chi connectivity index (χ1n) is 6.29. The molecule has 0 spiro atoms. The van der Waals surface area contributed by atoms with Crippen molar-refractivity contribution in [2.45, 2.75) is 64.5 Å². The molecule has 3 heteroatoms. The fourth-order valence-electron chi connectivity index (χ4n) is 1.72. The molecule has 1 atom stereocenters. The molecule has 1 aliphatic rings. The summed E-state index contributed by atoms with van der Waals surface area (Å²) >= 11 is 0. The van der Waals surface area contributed by atoms with Crippen molar-refractivity contribution in [3.63, 3.8) is 0 Å². The Morgan fingerprint density at radius 1 is 1.40 bits per heavy atom. The summed E-state index contributed by atoms with van der Waals surface area (Å²) in [4.78, 5) is 11.4. The van der Waals surface area contributed by atoms with E-state index in [1.807, 2.05) is 0 Å². The highest BCUT2D eigenvalue weighted by Crippen LogP contribution is 2.18. The number of carbonyl (C=O) groups is 1. The molecule has 2 N–H and O–H groups in total. The Bertz CT molecular complexity index is 190. The fourth-order valence-corrected chi connectivity index (χ4v) is 1.72. The van der Waals surface area contributed by atoms with E-state index < -0.39 is 0 Å². The molecule has 1 unspecified atom stereocenters. The van der Waals surface area contributed by atoms with Crippen molar-refractivity contribution in [3.8, 4) is 0 Å². The largest absolute Gasteiger partial charge is 0.353 e. The van der Waals surface area contributed by atoms with Gasteiger partial charge in [0.15, 0.2) is 0 Å². The number of nitrogens with one attached hydrogen (secondary N) is 2. The van der Waals surface area contributed by atoms with Gasteiger partial charge in [-0.05, 0) is 25.7 Å². The maximum absolute atomic E-state index is 11.4. The highest BCUT2D eigenvalue weighted by atomic mass is 16.1. The van der Waals surface area contributed by atoms with Gasteiger partial charge in [0.25, 0.3) is 0 Å². The zero-order valence-electron chi connectivity index (χ0n) is 10.0. The summed E-state index contributed by atoms with van der Waals surface area (Å²) in [6, 6.07) is 1.08. The molecule has 1 aliphatic carbocycles. The lowest BCUT2D eigenvalue weighted by molar-refractivity contribution is -0.121. The van der Waals surface area contributed by atoms with Crippen LogP contribution in [0.5, 0.6) is 0 Å². The van der Waals surface area contributed by atoms with Gasteiger partial charge in [-0.1, -0.05) is 20.3 Å². The predicted octanol–water partition coefficient (Wildman–Crippen LogP) is 1.82. The average molecular weight is 212 g/mol. The molecular formula is C12H24N2O. The Labute approximate surface area is 93.0 Å². The second kappa shape index (κ2) is 6.83. The SMILES string of the molecule is CCCC(CC)NCCC(=O)NC1CC1. The zero-order valence-corrected chi connectivity index (χ0v) is 10.0. The molecule has 0 aromatic carbocycles. The standard InChI is InChI=1S/C12H24N2O/c1-3-5-10(4-2)13-9-8-12(15)14-11-6-7-11/h10-11,13H,3-9H2,1-2H3,(H,14,15). The molecule has 0 heterocycles. The topological polar surface area (TPSA) is 41.1 Å². The van der Waals surface area contributed by atoms with Gasteiger partial charge in [-0.3, -0.25) is 4.79 Å². The van der Waals surface area contributed by atoms with Gasteiger partial charge in [-0.25, -0.2) is 0 Å². The van der Waals surface area contributed by atoms with Crippen LogP contribution in [0.15, 0.2) is 0 Å². The van der Waals surface area contributed by atoms with Crippen LogP contribution in [-0.2, 0) is 4.79 Å².